The summed E-state index contributed by atoms with van der Waals surface area (Å²) in [5.41, 5.74) is 0.972. The molecule has 1 aliphatic rings. The number of carboxylic acid groups (broad SMARTS) is 1. The molecular weight excluding hydrogens is 480 g/mol. The van der Waals surface area contributed by atoms with Crippen LogP contribution >= 0.6 is 0 Å². The molecule has 0 aliphatic carbocycles. The van der Waals surface area contributed by atoms with E-state index in [0.29, 0.717) is 29.8 Å². The molecule has 3 amide bonds. The molecule has 1 N–H and O–H groups in total. The van der Waals surface area contributed by atoms with Gasteiger partial charge < -0.3 is 19.5 Å². The van der Waals surface area contributed by atoms with Crippen LogP contribution < -0.4 is 5.69 Å². The molecule has 1 saturated heterocycles. The Morgan fingerprint density at radius 3 is 2.51 bits per heavy atom. The maximum atomic E-state index is 13.1. The van der Waals surface area contributed by atoms with E-state index in [4.69, 9.17) is 9.47 Å². The van der Waals surface area contributed by atoms with Crippen molar-refractivity contribution < 1.29 is 29.0 Å². The van der Waals surface area contributed by atoms with E-state index >= 15 is 0 Å². The molecule has 200 valence electrons. The molecule has 37 heavy (non-hydrogen) atoms. The second-order valence-corrected chi connectivity index (χ2v) is 9.80. The number of fused-ring (bicyclic) bond motifs is 1. The van der Waals surface area contributed by atoms with Crippen LogP contribution in [0.1, 0.15) is 45.2 Å². The first-order valence-electron chi connectivity index (χ1n) is 12.1. The molecule has 2 heterocycles. The van der Waals surface area contributed by atoms with Gasteiger partial charge in [-0.15, -0.1) is 0 Å². The number of amides is 3. The van der Waals surface area contributed by atoms with Gasteiger partial charge in [0.2, 0.25) is 5.91 Å². The lowest BCUT2D eigenvalue weighted by Gasteiger charge is -2.32. The summed E-state index contributed by atoms with van der Waals surface area (Å²) in [5.74, 6) is 5.32. The van der Waals surface area contributed by atoms with Crippen LogP contribution in [0.3, 0.4) is 0 Å². The van der Waals surface area contributed by atoms with Crippen LogP contribution in [0, 0.1) is 11.8 Å². The van der Waals surface area contributed by atoms with Crippen LogP contribution in [0.15, 0.2) is 23.0 Å². The van der Waals surface area contributed by atoms with E-state index in [1.165, 1.54) is 21.1 Å². The predicted octanol–water partition coefficient (Wildman–Crippen LogP) is 1.82. The van der Waals surface area contributed by atoms with Gasteiger partial charge in [-0.3, -0.25) is 23.6 Å². The molecule has 2 aromatic rings. The zero-order valence-corrected chi connectivity index (χ0v) is 21.9. The standard InChI is InChI=1S/C26H34N4O7/c1-26(2,3)29(25(34)35)13-15-37-17-16-36-14-7-9-18-8-6-10-19-22(18)28(5)24(33)30(19)20-11-12-21(31)27(4)23(20)32/h6,8,10,20H,11-17H2,1-5H3,(H,34,35). The molecule has 11 nitrogen and oxygen atoms in total. The molecule has 1 aromatic carbocycles. The molecule has 0 spiro atoms. The molecular formula is C26H34N4O7. The first-order chi connectivity index (χ1) is 17.4. The topological polar surface area (TPSA) is 123 Å². The lowest BCUT2D eigenvalue weighted by molar-refractivity contribution is -0.149. The van der Waals surface area contributed by atoms with Crippen LogP contribution in [0.4, 0.5) is 4.79 Å². The highest BCUT2D eigenvalue weighted by molar-refractivity contribution is 6.00. The van der Waals surface area contributed by atoms with Gasteiger partial charge in [-0.05, 0) is 39.3 Å². The van der Waals surface area contributed by atoms with Gasteiger partial charge in [0.15, 0.2) is 0 Å². The number of carbonyl (C=O) groups excluding carboxylic acids is 2. The van der Waals surface area contributed by atoms with Crippen LogP contribution in [0.5, 0.6) is 0 Å². The summed E-state index contributed by atoms with van der Waals surface area (Å²) < 4.78 is 13.9. The second-order valence-electron chi connectivity index (χ2n) is 9.80. The summed E-state index contributed by atoms with van der Waals surface area (Å²) in [4.78, 5) is 51.4. The fourth-order valence-electron chi connectivity index (χ4n) is 4.33. The van der Waals surface area contributed by atoms with Gasteiger partial charge in [-0.2, -0.15) is 0 Å². The average molecular weight is 515 g/mol. The van der Waals surface area contributed by atoms with E-state index < -0.39 is 23.6 Å². The first-order valence-corrected chi connectivity index (χ1v) is 12.1. The highest BCUT2D eigenvalue weighted by Gasteiger charge is 2.35. The average Bonchev–Trinajstić information content (AvgIpc) is 3.08. The Hall–Kier alpha value is -3.62. The number of rotatable bonds is 8. The molecule has 0 radical (unpaired) electrons. The third-order valence-electron chi connectivity index (χ3n) is 6.30. The monoisotopic (exact) mass is 514 g/mol. The SMILES string of the molecule is CN1C(=O)CCC(n2c(=O)n(C)c3c(C#CCOCCOCCN(C(=O)O)C(C)(C)C)cccc32)C1=O. The number of likely N-dealkylation sites (tertiary alicyclic amines) is 1. The number of imide groups is 1. The van der Waals surface area contributed by atoms with E-state index in [1.54, 1.807) is 25.2 Å². The fraction of sp³-hybridized carbons (Fsp3) is 0.538. The Balaban J connectivity index is 1.60. The Bertz CT molecular complexity index is 1290. The molecule has 1 fully saturated rings. The Morgan fingerprint density at radius 1 is 1.14 bits per heavy atom. The number of ether oxygens (including phenoxy) is 2. The Labute approximate surface area is 215 Å². The number of benzene rings is 1. The minimum Gasteiger partial charge on any atom is -0.465 e. The third-order valence-corrected chi connectivity index (χ3v) is 6.30. The lowest BCUT2D eigenvalue weighted by Crippen LogP contribution is -2.46. The summed E-state index contributed by atoms with van der Waals surface area (Å²) in [7, 11) is 3.07. The molecule has 1 unspecified atom stereocenters. The quantitative estimate of drug-likeness (QED) is 0.324. The van der Waals surface area contributed by atoms with Crippen molar-refractivity contribution in [1.82, 2.24) is 18.9 Å². The van der Waals surface area contributed by atoms with Crippen molar-refractivity contribution in [2.45, 2.75) is 45.2 Å². The molecule has 11 heteroatoms. The largest absolute Gasteiger partial charge is 0.465 e. The van der Waals surface area contributed by atoms with Gasteiger partial charge in [0.05, 0.1) is 36.4 Å². The van der Waals surface area contributed by atoms with Crippen LogP contribution in [-0.4, -0.2) is 87.5 Å². The normalized spacial score (nSPS) is 16.1. The van der Waals surface area contributed by atoms with Crippen LogP contribution in [0.2, 0.25) is 0 Å². The van der Waals surface area contributed by atoms with Crippen molar-refractivity contribution in [3.05, 3.63) is 34.2 Å². The van der Waals surface area contributed by atoms with E-state index in [1.807, 2.05) is 20.8 Å². The van der Waals surface area contributed by atoms with Crippen molar-refractivity contribution in [2.24, 2.45) is 7.05 Å². The van der Waals surface area contributed by atoms with E-state index in [9.17, 15) is 24.3 Å². The van der Waals surface area contributed by atoms with Gasteiger partial charge in [-0.1, -0.05) is 17.9 Å². The van der Waals surface area contributed by atoms with E-state index in [-0.39, 0.29) is 44.2 Å². The maximum Gasteiger partial charge on any atom is 0.407 e. The number of likely N-dealkylation sites (N-methyl/N-ethyl adjacent to an activating group) is 1. The Kier molecular flexibility index (Phi) is 8.78. The molecule has 0 saturated carbocycles. The summed E-state index contributed by atoms with van der Waals surface area (Å²) in [6, 6.07) is 4.60. The van der Waals surface area contributed by atoms with Crippen molar-refractivity contribution in [1.29, 1.82) is 0 Å². The molecule has 0 bridgehead atoms. The van der Waals surface area contributed by atoms with Crippen molar-refractivity contribution in [2.75, 3.05) is 40.0 Å². The predicted molar refractivity (Wildman–Crippen MR) is 136 cm³/mol. The molecule has 1 aromatic heterocycles. The van der Waals surface area contributed by atoms with Gasteiger partial charge in [0, 0.05) is 32.6 Å². The van der Waals surface area contributed by atoms with Crippen molar-refractivity contribution in [3.8, 4) is 11.8 Å². The first kappa shape index (κ1) is 28.0. The lowest BCUT2D eigenvalue weighted by atomic mass is 10.0. The maximum absolute atomic E-state index is 13.1. The third kappa shape index (κ3) is 6.21. The number of imidazole rings is 1. The van der Waals surface area contributed by atoms with Crippen molar-refractivity contribution in [3.63, 3.8) is 0 Å². The summed E-state index contributed by atoms with van der Waals surface area (Å²) in [6.07, 6.45) is -0.513. The number of hydrogen-bond acceptors (Lipinski definition) is 6. The molecule has 1 aliphatic heterocycles. The van der Waals surface area contributed by atoms with Gasteiger partial charge >= 0.3 is 11.8 Å². The second kappa shape index (κ2) is 11.6. The number of piperidine rings is 1. The van der Waals surface area contributed by atoms with Gasteiger partial charge in [0.1, 0.15) is 12.6 Å². The summed E-state index contributed by atoms with van der Waals surface area (Å²) >= 11 is 0. The Morgan fingerprint density at radius 2 is 1.84 bits per heavy atom. The number of aromatic nitrogens is 2. The minimum absolute atomic E-state index is 0.145. The smallest absolute Gasteiger partial charge is 0.407 e. The number of nitrogens with zero attached hydrogens (tertiary/aromatic N) is 4. The number of carbonyl (C=O) groups is 3. The van der Waals surface area contributed by atoms with E-state index in [0.717, 1.165) is 4.90 Å². The fourth-order valence-corrected chi connectivity index (χ4v) is 4.33. The highest BCUT2D eigenvalue weighted by atomic mass is 16.5. The number of hydrogen-bond donors (Lipinski definition) is 1. The molecule has 3 rings (SSSR count). The zero-order chi connectivity index (χ0) is 27.3. The summed E-state index contributed by atoms with van der Waals surface area (Å²) in [5, 5.41) is 9.28. The van der Waals surface area contributed by atoms with Crippen LogP contribution in [-0.2, 0) is 26.1 Å². The molecule has 1 atom stereocenters. The van der Waals surface area contributed by atoms with E-state index in [2.05, 4.69) is 11.8 Å². The number of para-hydroxylation sites is 1. The zero-order valence-electron chi connectivity index (χ0n) is 21.9. The summed E-state index contributed by atoms with van der Waals surface area (Å²) in [6.45, 7) is 6.75. The highest BCUT2D eigenvalue weighted by Crippen LogP contribution is 2.27. The van der Waals surface area contributed by atoms with Crippen molar-refractivity contribution >= 4 is 28.9 Å². The number of aryl methyl sites for hydroxylation is 1. The van der Waals surface area contributed by atoms with Crippen LogP contribution in [0.25, 0.3) is 11.0 Å². The van der Waals surface area contributed by atoms with Gasteiger partial charge in [-0.25, -0.2) is 9.59 Å². The van der Waals surface area contributed by atoms with Gasteiger partial charge in [0.25, 0.3) is 5.91 Å². The minimum atomic E-state index is -0.988.